The van der Waals surface area contributed by atoms with Crippen LogP contribution >= 0.6 is 0 Å². The highest BCUT2D eigenvalue weighted by molar-refractivity contribution is 5.75. The van der Waals surface area contributed by atoms with Crippen molar-refractivity contribution in [3.05, 3.63) is 35.4 Å². The second-order valence-corrected chi connectivity index (χ2v) is 3.15. The summed E-state index contributed by atoms with van der Waals surface area (Å²) in [5.74, 6) is 0.0768. The van der Waals surface area contributed by atoms with Gasteiger partial charge in [0.1, 0.15) is 0 Å². The molecule has 1 amide bonds. The molecule has 0 aliphatic carbocycles. The van der Waals surface area contributed by atoms with Crippen molar-refractivity contribution in [1.29, 1.82) is 0 Å². The Hall–Kier alpha value is -1.35. The Morgan fingerprint density at radius 1 is 1.29 bits per heavy atom. The minimum Gasteiger partial charge on any atom is -0.352 e. The lowest BCUT2D eigenvalue weighted by molar-refractivity contribution is -0.120. The maximum absolute atomic E-state index is 11.0. The number of nitrogens with two attached hydrogens (primary N) is 1. The largest absolute Gasteiger partial charge is 0.352 e. The maximum atomic E-state index is 11.0. The van der Waals surface area contributed by atoms with Crippen LogP contribution in [0.3, 0.4) is 0 Å². The number of amides is 1. The molecule has 0 radical (unpaired) electrons. The SMILES string of the molecule is CCC(=O)NCc1ccc(CN)cc1. The fourth-order valence-electron chi connectivity index (χ4n) is 1.12. The van der Waals surface area contributed by atoms with E-state index in [1.165, 1.54) is 0 Å². The van der Waals surface area contributed by atoms with E-state index in [4.69, 9.17) is 5.73 Å². The topological polar surface area (TPSA) is 55.1 Å². The second kappa shape index (κ2) is 5.40. The van der Waals surface area contributed by atoms with Gasteiger partial charge in [-0.3, -0.25) is 4.79 Å². The highest BCUT2D eigenvalue weighted by Gasteiger charge is 1.97. The average molecular weight is 192 g/mol. The molecule has 1 aromatic rings. The summed E-state index contributed by atoms with van der Waals surface area (Å²) in [5, 5.41) is 2.82. The van der Waals surface area contributed by atoms with Gasteiger partial charge < -0.3 is 11.1 Å². The molecule has 0 saturated carbocycles. The van der Waals surface area contributed by atoms with Gasteiger partial charge >= 0.3 is 0 Å². The molecule has 1 aromatic carbocycles. The molecule has 3 N–H and O–H groups in total. The summed E-state index contributed by atoms with van der Waals surface area (Å²) in [7, 11) is 0. The third kappa shape index (κ3) is 3.18. The first-order chi connectivity index (χ1) is 6.76. The van der Waals surface area contributed by atoms with Crippen molar-refractivity contribution in [3.8, 4) is 0 Å². The quantitative estimate of drug-likeness (QED) is 0.752. The molecule has 0 bridgehead atoms. The van der Waals surface area contributed by atoms with Crippen LogP contribution in [0.25, 0.3) is 0 Å². The van der Waals surface area contributed by atoms with Gasteiger partial charge in [0.25, 0.3) is 0 Å². The van der Waals surface area contributed by atoms with Gasteiger partial charge in [0.05, 0.1) is 0 Å². The summed E-state index contributed by atoms with van der Waals surface area (Å²) < 4.78 is 0. The molecule has 0 aliphatic heterocycles. The number of nitrogens with one attached hydrogen (secondary N) is 1. The van der Waals surface area contributed by atoms with Crippen LogP contribution in [0.1, 0.15) is 24.5 Å². The molecule has 0 heterocycles. The molecule has 0 unspecified atom stereocenters. The lowest BCUT2D eigenvalue weighted by Crippen LogP contribution is -2.21. The summed E-state index contributed by atoms with van der Waals surface area (Å²) in [6, 6.07) is 7.93. The Kier molecular flexibility index (Phi) is 4.13. The van der Waals surface area contributed by atoms with Gasteiger partial charge in [0.15, 0.2) is 0 Å². The standard InChI is InChI=1S/C11H16N2O/c1-2-11(14)13-8-10-5-3-9(7-12)4-6-10/h3-6H,2,7-8,12H2,1H3,(H,13,14). The average Bonchev–Trinajstić information content (AvgIpc) is 2.26. The highest BCUT2D eigenvalue weighted by atomic mass is 16.1. The van der Waals surface area contributed by atoms with Crippen molar-refractivity contribution in [1.82, 2.24) is 5.32 Å². The van der Waals surface area contributed by atoms with E-state index in [0.29, 0.717) is 19.5 Å². The van der Waals surface area contributed by atoms with E-state index in [-0.39, 0.29) is 5.91 Å². The van der Waals surface area contributed by atoms with Gasteiger partial charge in [0, 0.05) is 19.5 Å². The summed E-state index contributed by atoms with van der Waals surface area (Å²) in [6.45, 7) is 2.99. The van der Waals surface area contributed by atoms with Crippen LogP contribution in [0.4, 0.5) is 0 Å². The van der Waals surface area contributed by atoms with E-state index in [1.54, 1.807) is 0 Å². The molecule has 3 heteroatoms. The van der Waals surface area contributed by atoms with Crippen molar-refractivity contribution in [3.63, 3.8) is 0 Å². The van der Waals surface area contributed by atoms with Crippen LogP contribution in [-0.2, 0) is 17.9 Å². The molecule has 14 heavy (non-hydrogen) atoms. The fraction of sp³-hybridized carbons (Fsp3) is 0.364. The first-order valence-electron chi connectivity index (χ1n) is 4.81. The summed E-state index contributed by atoms with van der Waals surface area (Å²) in [6.07, 6.45) is 0.529. The molecule has 0 saturated heterocycles. The number of hydrogen-bond acceptors (Lipinski definition) is 2. The summed E-state index contributed by atoms with van der Waals surface area (Å²) in [5.41, 5.74) is 7.68. The van der Waals surface area contributed by atoms with E-state index in [1.807, 2.05) is 31.2 Å². The Bertz CT molecular complexity index is 293. The van der Waals surface area contributed by atoms with Crippen molar-refractivity contribution in [2.24, 2.45) is 5.73 Å². The molecule has 3 nitrogen and oxygen atoms in total. The number of carbonyl (C=O) groups is 1. The predicted octanol–water partition coefficient (Wildman–Crippen LogP) is 1.17. The molecule has 76 valence electrons. The van der Waals surface area contributed by atoms with Crippen LogP contribution < -0.4 is 11.1 Å². The summed E-state index contributed by atoms with van der Waals surface area (Å²) >= 11 is 0. The second-order valence-electron chi connectivity index (χ2n) is 3.15. The third-order valence-electron chi connectivity index (χ3n) is 2.07. The molecule has 0 spiro atoms. The first kappa shape index (κ1) is 10.7. The molecule has 0 fully saturated rings. The van der Waals surface area contributed by atoms with Crippen molar-refractivity contribution in [2.45, 2.75) is 26.4 Å². The Morgan fingerprint density at radius 2 is 1.86 bits per heavy atom. The van der Waals surface area contributed by atoms with E-state index < -0.39 is 0 Å². The zero-order chi connectivity index (χ0) is 10.4. The van der Waals surface area contributed by atoms with E-state index >= 15 is 0 Å². The maximum Gasteiger partial charge on any atom is 0.219 e. The van der Waals surface area contributed by atoms with Gasteiger partial charge in [-0.25, -0.2) is 0 Å². The molecular formula is C11H16N2O. The number of rotatable bonds is 4. The number of benzene rings is 1. The lowest BCUT2D eigenvalue weighted by Gasteiger charge is -2.04. The first-order valence-corrected chi connectivity index (χ1v) is 4.81. The summed E-state index contributed by atoms with van der Waals surface area (Å²) in [4.78, 5) is 11.0. The fourth-order valence-corrected chi connectivity index (χ4v) is 1.12. The van der Waals surface area contributed by atoms with Gasteiger partial charge in [0.2, 0.25) is 5.91 Å². The third-order valence-corrected chi connectivity index (χ3v) is 2.07. The Balaban J connectivity index is 2.47. The monoisotopic (exact) mass is 192 g/mol. The van der Waals surface area contributed by atoms with E-state index in [2.05, 4.69) is 5.32 Å². The van der Waals surface area contributed by atoms with Crippen molar-refractivity contribution in [2.75, 3.05) is 0 Å². The minimum absolute atomic E-state index is 0.0768. The van der Waals surface area contributed by atoms with Gasteiger partial charge in [-0.05, 0) is 11.1 Å². The van der Waals surface area contributed by atoms with Gasteiger partial charge in [-0.15, -0.1) is 0 Å². The normalized spacial score (nSPS) is 9.86. The molecule has 0 aliphatic rings. The van der Waals surface area contributed by atoms with Crippen LogP contribution in [0.5, 0.6) is 0 Å². The zero-order valence-electron chi connectivity index (χ0n) is 8.42. The van der Waals surface area contributed by atoms with Gasteiger partial charge in [-0.2, -0.15) is 0 Å². The minimum atomic E-state index is 0.0768. The molecule has 0 atom stereocenters. The lowest BCUT2D eigenvalue weighted by atomic mass is 10.1. The Morgan fingerprint density at radius 3 is 2.36 bits per heavy atom. The van der Waals surface area contributed by atoms with Crippen LogP contribution in [0, 0.1) is 0 Å². The smallest absolute Gasteiger partial charge is 0.219 e. The predicted molar refractivity (Wildman–Crippen MR) is 56.5 cm³/mol. The zero-order valence-corrected chi connectivity index (χ0v) is 8.42. The number of carbonyl (C=O) groups excluding carboxylic acids is 1. The number of hydrogen-bond donors (Lipinski definition) is 2. The van der Waals surface area contributed by atoms with E-state index in [0.717, 1.165) is 11.1 Å². The molecular weight excluding hydrogens is 176 g/mol. The van der Waals surface area contributed by atoms with Gasteiger partial charge in [-0.1, -0.05) is 31.2 Å². The molecule has 1 rings (SSSR count). The van der Waals surface area contributed by atoms with Crippen molar-refractivity contribution < 1.29 is 4.79 Å². The van der Waals surface area contributed by atoms with Crippen LogP contribution in [-0.4, -0.2) is 5.91 Å². The van der Waals surface area contributed by atoms with Crippen LogP contribution in [0.15, 0.2) is 24.3 Å². The van der Waals surface area contributed by atoms with Crippen molar-refractivity contribution >= 4 is 5.91 Å². The van der Waals surface area contributed by atoms with E-state index in [9.17, 15) is 4.79 Å². The Labute approximate surface area is 84.3 Å². The molecule has 0 aromatic heterocycles. The van der Waals surface area contributed by atoms with Crippen LogP contribution in [0.2, 0.25) is 0 Å². The highest BCUT2D eigenvalue weighted by Crippen LogP contribution is 2.03.